The molecule has 27 heavy (non-hydrogen) atoms. The van der Waals surface area contributed by atoms with Crippen molar-refractivity contribution in [2.75, 3.05) is 11.9 Å². The number of anilines is 1. The number of para-hydroxylation sites is 1. The fraction of sp³-hybridized carbons (Fsp3) is 0.0909. The number of thioether (sulfide) groups is 1. The van der Waals surface area contributed by atoms with Crippen molar-refractivity contribution in [1.82, 2.24) is 4.98 Å². The molecule has 0 fully saturated rings. The topological polar surface area (TPSA) is 20.0 Å². The van der Waals surface area contributed by atoms with Gasteiger partial charge in [0.25, 0.3) is 0 Å². The van der Waals surface area contributed by atoms with E-state index in [9.17, 15) is 0 Å². The molecule has 3 nitrogen and oxygen atoms in total. The third kappa shape index (κ3) is 2.93. The molecule has 0 amide bonds. The van der Waals surface area contributed by atoms with Gasteiger partial charge in [0.2, 0.25) is 5.69 Å². The van der Waals surface area contributed by atoms with E-state index in [0.29, 0.717) is 0 Å². The van der Waals surface area contributed by atoms with E-state index in [1.807, 2.05) is 23.9 Å². The smallest absolute Gasteiger partial charge is 0.207 e. The highest BCUT2D eigenvalue weighted by Crippen LogP contribution is 2.47. The number of hydrogen-bond acceptors (Lipinski definition) is 4. The fourth-order valence-corrected chi connectivity index (χ4v) is 5.34. The van der Waals surface area contributed by atoms with Crippen LogP contribution in [-0.4, -0.2) is 12.0 Å². The lowest BCUT2D eigenvalue weighted by molar-refractivity contribution is -0.673. The molecule has 0 atom stereocenters. The van der Waals surface area contributed by atoms with Gasteiger partial charge in [-0.15, -0.1) is 11.3 Å². The molecule has 0 saturated heterocycles. The lowest BCUT2D eigenvalue weighted by Gasteiger charge is -2.13. The molecule has 4 aromatic rings. The Bertz CT molecular complexity index is 1160. The Labute approximate surface area is 166 Å². The van der Waals surface area contributed by atoms with Gasteiger partial charge < -0.3 is 4.90 Å². The Balaban J connectivity index is 1.52. The number of benzene rings is 2. The molecule has 0 unspecified atom stereocenters. The molecule has 5 heteroatoms. The van der Waals surface area contributed by atoms with Gasteiger partial charge in [-0.05, 0) is 36.4 Å². The summed E-state index contributed by atoms with van der Waals surface area (Å²) in [4.78, 5) is 8.34. The van der Waals surface area contributed by atoms with E-state index in [2.05, 4.69) is 84.4 Å². The maximum absolute atomic E-state index is 4.80. The number of aryl methyl sites for hydroxylation is 1. The van der Waals surface area contributed by atoms with Crippen molar-refractivity contribution in [2.45, 2.75) is 4.90 Å². The van der Waals surface area contributed by atoms with E-state index in [1.54, 1.807) is 11.3 Å². The van der Waals surface area contributed by atoms with Crippen LogP contribution in [0.25, 0.3) is 26.9 Å². The van der Waals surface area contributed by atoms with Gasteiger partial charge in [0.15, 0.2) is 6.20 Å². The Morgan fingerprint density at radius 3 is 2.74 bits per heavy atom. The zero-order valence-corrected chi connectivity index (χ0v) is 16.7. The number of aromatic nitrogens is 2. The molecule has 0 bridgehead atoms. The second-order valence-corrected chi connectivity index (χ2v) is 8.64. The van der Waals surface area contributed by atoms with Crippen molar-refractivity contribution in [1.29, 1.82) is 0 Å². The van der Waals surface area contributed by atoms with Gasteiger partial charge in [0, 0.05) is 35.7 Å². The summed E-state index contributed by atoms with van der Waals surface area (Å²) in [7, 11) is 4.20. The lowest BCUT2D eigenvalue weighted by atomic mass is 10.2. The van der Waals surface area contributed by atoms with Crippen LogP contribution in [0.1, 0.15) is 5.69 Å². The number of pyridine rings is 1. The van der Waals surface area contributed by atoms with E-state index in [4.69, 9.17) is 4.98 Å². The van der Waals surface area contributed by atoms with Crippen molar-refractivity contribution in [3.8, 4) is 10.6 Å². The SMILES string of the molecule is CN1/C(=C/c2cccc[n+]2C)Sc2cc(-c3nc4ccccc4s3)ccc21. The first-order valence-corrected chi connectivity index (χ1v) is 10.4. The van der Waals surface area contributed by atoms with E-state index in [-0.39, 0.29) is 0 Å². The number of rotatable bonds is 2. The zero-order chi connectivity index (χ0) is 18.4. The molecule has 0 N–H and O–H groups in total. The molecule has 0 spiro atoms. The van der Waals surface area contributed by atoms with Crippen LogP contribution in [0, 0.1) is 0 Å². The highest BCUT2D eigenvalue weighted by molar-refractivity contribution is 8.03. The molecule has 0 aliphatic carbocycles. The van der Waals surface area contributed by atoms with Crippen molar-refractivity contribution < 1.29 is 4.57 Å². The first kappa shape index (κ1) is 16.5. The predicted molar refractivity (Wildman–Crippen MR) is 115 cm³/mol. The van der Waals surface area contributed by atoms with E-state index >= 15 is 0 Å². The first-order valence-electron chi connectivity index (χ1n) is 8.77. The molecule has 3 heterocycles. The Kier molecular flexibility index (Phi) is 3.99. The summed E-state index contributed by atoms with van der Waals surface area (Å²) >= 11 is 3.56. The Morgan fingerprint density at radius 2 is 1.89 bits per heavy atom. The fourth-order valence-electron chi connectivity index (χ4n) is 3.24. The average molecular weight is 389 g/mol. The van der Waals surface area contributed by atoms with Crippen LogP contribution >= 0.6 is 23.1 Å². The van der Waals surface area contributed by atoms with E-state index < -0.39 is 0 Å². The van der Waals surface area contributed by atoms with Gasteiger partial charge in [-0.3, -0.25) is 0 Å². The molecule has 1 aliphatic heterocycles. The third-order valence-corrected chi connectivity index (χ3v) is 7.01. The van der Waals surface area contributed by atoms with Crippen LogP contribution in [0.2, 0.25) is 0 Å². The van der Waals surface area contributed by atoms with Crippen LogP contribution in [0.5, 0.6) is 0 Å². The van der Waals surface area contributed by atoms with E-state index in [1.165, 1.54) is 31.6 Å². The van der Waals surface area contributed by atoms with Gasteiger partial charge in [-0.2, -0.15) is 0 Å². The maximum Gasteiger partial charge on any atom is 0.207 e. The van der Waals surface area contributed by atoms with Crippen LogP contribution in [0.15, 0.2) is 76.8 Å². The van der Waals surface area contributed by atoms with Gasteiger partial charge in [0.1, 0.15) is 12.1 Å². The van der Waals surface area contributed by atoms with Crippen molar-refractivity contribution >= 4 is 45.1 Å². The van der Waals surface area contributed by atoms with Gasteiger partial charge in [0.05, 0.1) is 20.9 Å². The molecule has 132 valence electrons. The first-order chi connectivity index (χ1) is 13.2. The highest BCUT2D eigenvalue weighted by atomic mass is 32.2. The molecular weight excluding hydrogens is 370 g/mol. The largest absolute Gasteiger partial charge is 0.338 e. The van der Waals surface area contributed by atoms with Crippen molar-refractivity contribution in [3.63, 3.8) is 0 Å². The third-order valence-electron chi connectivity index (χ3n) is 4.77. The van der Waals surface area contributed by atoms with Crippen molar-refractivity contribution in [2.24, 2.45) is 7.05 Å². The number of fused-ring (bicyclic) bond motifs is 2. The van der Waals surface area contributed by atoms with Crippen LogP contribution in [0.3, 0.4) is 0 Å². The maximum atomic E-state index is 4.80. The average Bonchev–Trinajstić information content (AvgIpc) is 3.25. The summed E-state index contributed by atoms with van der Waals surface area (Å²) in [6.45, 7) is 0. The molecule has 0 radical (unpaired) electrons. The number of nitrogens with zero attached hydrogens (tertiary/aromatic N) is 3. The molecule has 0 saturated carbocycles. The number of thiazole rings is 1. The Morgan fingerprint density at radius 1 is 1.04 bits per heavy atom. The summed E-state index contributed by atoms with van der Waals surface area (Å²) in [5.74, 6) is 0. The zero-order valence-electron chi connectivity index (χ0n) is 15.1. The van der Waals surface area contributed by atoms with Gasteiger partial charge >= 0.3 is 0 Å². The normalized spacial score (nSPS) is 14.9. The summed E-state index contributed by atoms with van der Waals surface area (Å²) in [5, 5.41) is 2.31. The predicted octanol–water partition coefficient (Wildman–Crippen LogP) is 5.33. The molecule has 5 rings (SSSR count). The minimum Gasteiger partial charge on any atom is -0.338 e. The molecule has 2 aromatic carbocycles. The summed E-state index contributed by atoms with van der Waals surface area (Å²) in [5.41, 5.74) is 4.68. The minimum absolute atomic E-state index is 1.07. The van der Waals surface area contributed by atoms with Crippen LogP contribution in [0.4, 0.5) is 5.69 Å². The number of hydrogen-bond donors (Lipinski definition) is 0. The van der Waals surface area contributed by atoms with Crippen molar-refractivity contribution in [3.05, 3.63) is 77.6 Å². The monoisotopic (exact) mass is 388 g/mol. The minimum atomic E-state index is 1.07. The highest BCUT2D eigenvalue weighted by Gasteiger charge is 2.24. The van der Waals surface area contributed by atoms with Gasteiger partial charge in [-0.25, -0.2) is 9.55 Å². The van der Waals surface area contributed by atoms with Gasteiger partial charge in [-0.1, -0.05) is 23.9 Å². The van der Waals surface area contributed by atoms with Crippen LogP contribution < -0.4 is 9.47 Å². The molecular formula is C22H18N3S2+. The molecule has 2 aromatic heterocycles. The second kappa shape index (κ2) is 6.51. The summed E-state index contributed by atoms with van der Waals surface area (Å²) < 4.78 is 3.37. The molecule has 1 aliphatic rings. The standard InChI is InChI=1S/C22H18N3S2/c1-24-12-6-5-7-16(24)14-21-25(2)18-11-10-15(13-20(18)26-21)22-23-17-8-3-4-9-19(17)27-22/h3-14H,1-2H3/q+1. The quantitative estimate of drug-likeness (QED) is 0.433. The van der Waals surface area contributed by atoms with E-state index in [0.717, 1.165) is 10.5 Å². The van der Waals surface area contributed by atoms with Crippen LogP contribution in [-0.2, 0) is 7.05 Å². The second-order valence-electron chi connectivity index (χ2n) is 6.55. The lowest BCUT2D eigenvalue weighted by Crippen LogP contribution is -2.31. The Hall–Kier alpha value is -2.63. The summed E-state index contributed by atoms with van der Waals surface area (Å²) in [6, 6.07) is 21.2. The summed E-state index contributed by atoms with van der Waals surface area (Å²) in [6.07, 6.45) is 4.31.